The van der Waals surface area contributed by atoms with Crippen LogP contribution in [0.2, 0.25) is 0 Å². The predicted molar refractivity (Wildman–Crippen MR) is 99.6 cm³/mol. The highest BCUT2D eigenvalue weighted by Crippen LogP contribution is 2.30. The Morgan fingerprint density at radius 3 is 2.24 bits per heavy atom. The van der Waals surface area contributed by atoms with Crippen molar-refractivity contribution < 1.29 is 31.1 Å². The number of pyridine rings is 1. The molecular formula is C18H26F3N3O4S. The molecule has 0 unspecified atom stereocenters. The second-order valence-electron chi connectivity index (χ2n) is 7.65. The Hall–Kier alpha value is -1.72. The number of esters is 1. The zero-order valence-electron chi connectivity index (χ0n) is 16.9. The van der Waals surface area contributed by atoms with Gasteiger partial charge in [-0.1, -0.05) is 0 Å². The number of ether oxygens (including phenoxy) is 1. The van der Waals surface area contributed by atoms with Gasteiger partial charge in [0.05, 0.1) is 18.2 Å². The summed E-state index contributed by atoms with van der Waals surface area (Å²) in [4.78, 5) is 17.0. The quantitative estimate of drug-likeness (QED) is 0.636. The molecule has 0 saturated carbocycles. The third-order valence-corrected chi connectivity index (χ3v) is 7.10. The maximum Gasteiger partial charge on any atom is 0.433 e. The van der Waals surface area contributed by atoms with E-state index in [1.807, 2.05) is 0 Å². The van der Waals surface area contributed by atoms with Crippen molar-refractivity contribution in [1.82, 2.24) is 14.2 Å². The molecule has 7 nitrogen and oxygen atoms in total. The lowest BCUT2D eigenvalue weighted by molar-refractivity contribution is -0.151. The molecule has 1 aromatic rings. The van der Waals surface area contributed by atoms with Crippen LogP contribution in [0.15, 0.2) is 17.0 Å². The Morgan fingerprint density at radius 2 is 1.76 bits per heavy atom. The molecule has 2 heterocycles. The number of aryl methyl sites for hydroxylation is 1. The summed E-state index contributed by atoms with van der Waals surface area (Å²) in [6.45, 7) is 6.79. The molecule has 2 rings (SSSR count). The second kappa shape index (κ2) is 8.57. The highest BCUT2D eigenvalue weighted by Gasteiger charge is 2.36. The van der Waals surface area contributed by atoms with Crippen LogP contribution in [0.3, 0.4) is 0 Å². The zero-order valence-corrected chi connectivity index (χ0v) is 17.7. The van der Waals surface area contributed by atoms with E-state index in [1.54, 1.807) is 13.8 Å². The standard InChI is InChI=1S/C18H26F3N3O4S/c1-13-14(5-6-15(22-13)18(19,20)21)29(26,27)24-11-9-23(10-12-24)8-7-17(2,3)16(25)28-4/h5-6H,7-12H2,1-4H3. The van der Waals surface area contributed by atoms with E-state index in [0.29, 0.717) is 32.1 Å². The van der Waals surface area contributed by atoms with Gasteiger partial charge in [0.2, 0.25) is 10.0 Å². The minimum Gasteiger partial charge on any atom is -0.469 e. The van der Waals surface area contributed by atoms with E-state index in [1.165, 1.54) is 18.3 Å². The van der Waals surface area contributed by atoms with Gasteiger partial charge in [-0.25, -0.2) is 13.4 Å². The lowest BCUT2D eigenvalue weighted by Crippen LogP contribution is -2.49. The molecule has 0 amide bonds. The average molecular weight is 437 g/mol. The van der Waals surface area contributed by atoms with Crippen molar-refractivity contribution in [3.8, 4) is 0 Å². The molecule has 1 aliphatic rings. The molecule has 0 atom stereocenters. The third-order valence-electron chi connectivity index (χ3n) is 5.07. The minimum absolute atomic E-state index is 0.179. The van der Waals surface area contributed by atoms with Crippen LogP contribution in [0.1, 0.15) is 31.7 Å². The van der Waals surface area contributed by atoms with Gasteiger partial charge in [-0.2, -0.15) is 17.5 Å². The normalized spacial score (nSPS) is 17.3. The smallest absolute Gasteiger partial charge is 0.433 e. The van der Waals surface area contributed by atoms with Gasteiger partial charge in [-0.05, 0) is 45.9 Å². The average Bonchev–Trinajstić information content (AvgIpc) is 2.65. The van der Waals surface area contributed by atoms with Crippen molar-refractivity contribution in [3.63, 3.8) is 0 Å². The van der Waals surface area contributed by atoms with Crippen LogP contribution in [-0.2, 0) is 25.7 Å². The lowest BCUT2D eigenvalue weighted by atomic mass is 9.89. The number of rotatable bonds is 6. The van der Waals surface area contributed by atoms with E-state index < -0.39 is 27.3 Å². The number of nitrogens with zero attached hydrogens (tertiary/aromatic N) is 3. The zero-order chi connectivity index (χ0) is 22.0. The Bertz CT molecular complexity index is 848. The fraction of sp³-hybridized carbons (Fsp3) is 0.667. The Labute approximate surface area is 168 Å². The molecule has 0 aliphatic carbocycles. The summed E-state index contributed by atoms with van der Waals surface area (Å²) in [7, 11) is -2.60. The second-order valence-corrected chi connectivity index (χ2v) is 9.56. The summed E-state index contributed by atoms with van der Waals surface area (Å²) in [6.07, 6.45) is -4.06. The van der Waals surface area contributed by atoms with E-state index in [9.17, 15) is 26.4 Å². The van der Waals surface area contributed by atoms with Gasteiger partial charge in [0.1, 0.15) is 10.6 Å². The molecule has 1 fully saturated rings. The number of alkyl halides is 3. The Balaban J connectivity index is 2.02. The first-order valence-corrected chi connectivity index (χ1v) is 10.6. The van der Waals surface area contributed by atoms with Gasteiger partial charge in [-0.15, -0.1) is 0 Å². The number of sulfonamides is 1. The molecule has 1 aliphatic heterocycles. The highest BCUT2D eigenvalue weighted by molar-refractivity contribution is 7.89. The Kier molecular flexibility index (Phi) is 6.96. The molecule has 0 radical (unpaired) electrons. The number of carbonyl (C=O) groups excluding carboxylic acids is 1. The van der Waals surface area contributed by atoms with Crippen LogP contribution in [0.4, 0.5) is 13.2 Å². The number of piperazine rings is 1. The number of carbonyl (C=O) groups is 1. The first kappa shape index (κ1) is 23.6. The van der Waals surface area contributed by atoms with Gasteiger partial charge < -0.3 is 9.64 Å². The maximum atomic E-state index is 12.8. The van der Waals surface area contributed by atoms with E-state index in [2.05, 4.69) is 9.88 Å². The molecule has 1 aromatic heterocycles. The van der Waals surface area contributed by atoms with Crippen LogP contribution in [0, 0.1) is 12.3 Å². The molecule has 0 aromatic carbocycles. The van der Waals surface area contributed by atoms with Crippen molar-refractivity contribution in [3.05, 3.63) is 23.5 Å². The van der Waals surface area contributed by atoms with Crippen molar-refractivity contribution in [2.24, 2.45) is 5.41 Å². The van der Waals surface area contributed by atoms with Crippen LogP contribution in [0.25, 0.3) is 0 Å². The summed E-state index contributed by atoms with van der Waals surface area (Å²) in [5, 5.41) is 0. The van der Waals surface area contributed by atoms with Crippen molar-refractivity contribution >= 4 is 16.0 Å². The van der Waals surface area contributed by atoms with E-state index in [4.69, 9.17) is 4.74 Å². The molecular weight excluding hydrogens is 411 g/mol. The molecule has 11 heteroatoms. The van der Waals surface area contributed by atoms with Gasteiger partial charge in [0, 0.05) is 26.2 Å². The van der Waals surface area contributed by atoms with E-state index in [-0.39, 0.29) is 29.6 Å². The molecule has 29 heavy (non-hydrogen) atoms. The molecule has 0 N–H and O–H groups in total. The first-order valence-electron chi connectivity index (χ1n) is 9.15. The van der Waals surface area contributed by atoms with Gasteiger partial charge >= 0.3 is 12.1 Å². The number of methoxy groups -OCH3 is 1. The summed E-state index contributed by atoms with van der Waals surface area (Å²) < 4.78 is 70.0. The highest BCUT2D eigenvalue weighted by atomic mass is 32.2. The Morgan fingerprint density at radius 1 is 1.17 bits per heavy atom. The number of hydrogen-bond donors (Lipinski definition) is 0. The van der Waals surface area contributed by atoms with Gasteiger partial charge in [0.15, 0.2) is 0 Å². The maximum absolute atomic E-state index is 12.8. The molecule has 0 spiro atoms. The SMILES string of the molecule is COC(=O)C(C)(C)CCN1CCN(S(=O)(=O)c2ccc(C(F)(F)F)nc2C)CC1. The monoisotopic (exact) mass is 437 g/mol. The fourth-order valence-electron chi connectivity index (χ4n) is 3.13. The first-order chi connectivity index (χ1) is 13.3. The number of halogens is 3. The summed E-state index contributed by atoms with van der Waals surface area (Å²) in [5.41, 5.74) is -1.94. The minimum atomic E-state index is -4.63. The van der Waals surface area contributed by atoms with Crippen molar-refractivity contribution in [2.75, 3.05) is 39.8 Å². The molecule has 0 bridgehead atoms. The van der Waals surface area contributed by atoms with Gasteiger partial charge in [0.25, 0.3) is 0 Å². The van der Waals surface area contributed by atoms with E-state index in [0.717, 1.165) is 6.07 Å². The predicted octanol–water partition coefficient (Wildman–Crippen LogP) is 2.30. The molecule has 164 valence electrons. The lowest BCUT2D eigenvalue weighted by Gasteiger charge is -2.35. The fourth-order valence-corrected chi connectivity index (χ4v) is 4.71. The summed E-state index contributed by atoms with van der Waals surface area (Å²) in [5.74, 6) is -0.302. The van der Waals surface area contributed by atoms with E-state index >= 15 is 0 Å². The van der Waals surface area contributed by atoms with Crippen LogP contribution in [-0.4, -0.2) is 68.4 Å². The van der Waals surface area contributed by atoms with Crippen molar-refractivity contribution in [1.29, 1.82) is 0 Å². The topological polar surface area (TPSA) is 79.8 Å². The van der Waals surface area contributed by atoms with Crippen LogP contribution >= 0.6 is 0 Å². The number of aromatic nitrogens is 1. The summed E-state index contributed by atoms with van der Waals surface area (Å²) in [6, 6.07) is 1.65. The largest absolute Gasteiger partial charge is 0.469 e. The van der Waals surface area contributed by atoms with Gasteiger partial charge in [-0.3, -0.25) is 4.79 Å². The third kappa shape index (κ3) is 5.46. The molecule has 1 saturated heterocycles. The van der Waals surface area contributed by atoms with Crippen LogP contribution < -0.4 is 0 Å². The summed E-state index contributed by atoms with van der Waals surface area (Å²) >= 11 is 0. The van der Waals surface area contributed by atoms with Crippen LogP contribution in [0.5, 0.6) is 0 Å². The number of hydrogen-bond acceptors (Lipinski definition) is 6. The van der Waals surface area contributed by atoms with Crippen molar-refractivity contribution in [2.45, 2.75) is 38.3 Å².